The number of nitrogens with one attached hydrogen (secondary N) is 1. The average molecular weight is 168 g/mol. The van der Waals surface area contributed by atoms with E-state index in [-0.39, 0.29) is 0 Å². The first-order chi connectivity index (χ1) is 5.44. The SMILES string of the molecule is CC(C)(C)C1NCC12CC(N)C2. The normalized spacial score (nSPS) is 47.0. The summed E-state index contributed by atoms with van der Waals surface area (Å²) in [6, 6.07) is 1.18. The smallest absolute Gasteiger partial charge is 0.0186 e. The van der Waals surface area contributed by atoms with Crippen molar-refractivity contribution in [2.75, 3.05) is 6.54 Å². The van der Waals surface area contributed by atoms with Crippen molar-refractivity contribution in [1.82, 2.24) is 5.32 Å². The maximum atomic E-state index is 5.84. The average Bonchev–Trinajstić information content (AvgIpc) is 1.72. The van der Waals surface area contributed by atoms with Gasteiger partial charge in [0.15, 0.2) is 0 Å². The molecule has 2 fully saturated rings. The summed E-state index contributed by atoms with van der Waals surface area (Å²) in [5.41, 5.74) is 6.82. The van der Waals surface area contributed by atoms with Crippen LogP contribution in [0, 0.1) is 10.8 Å². The maximum absolute atomic E-state index is 5.84. The summed E-state index contributed by atoms with van der Waals surface area (Å²) in [6.45, 7) is 8.14. The third-order valence-corrected chi connectivity index (χ3v) is 3.47. The third-order valence-electron chi connectivity index (χ3n) is 3.47. The summed E-state index contributed by atoms with van der Waals surface area (Å²) in [7, 11) is 0. The lowest BCUT2D eigenvalue weighted by Gasteiger charge is -2.63. The van der Waals surface area contributed by atoms with Crippen LogP contribution in [-0.2, 0) is 0 Å². The second kappa shape index (κ2) is 2.24. The minimum Gasteiger partial charge on any atom is -0.328 e. The van der Waals surface area contributed by atoms with Crippen molar-refractivity contribution < 1.29 is 0 Å². The molecule has 1 unspecified atom stereocenters. The summed E-state index contributed by atoms with van der Waals surface area (Å²) >= 11 is 0. The van der Waals surface area contributed by atoms with Gasteiger partial charge in [-0.1, -0.05) is 20.8 Å². The summed E-state index contributed by atoms with van der Waals surface area (Å²) in [4.78, 5) is 0. The van der Waals surface area contributed by atoms with E-state index >= 15 is 0 Å². The fourth-order valence-corrected chi connectivity index (χ4v) is 3.08. The zero-order valence-corrected chi connectivity index (χ0v) is 8.35. The van der Waals surface area contributed by atoms with Gasteiger partial charge in [0.25, 0.3) is 0 Å². The van der Waals surface area contributed by atoms with Crippen molar-refractivity contribution in [3.63, 3.8) is 0 Å². The van der Waals surface area contributed by atoms with Gasteiger partial charge in [-0.3, -0.25) is 0 Å². The Morgan fingerprint density at radius 1 is 1.33 bits per heavy atom. The predicted octanol–water partition coefficient (Wildman–Crippen LogP) is 1.11. The van der Waals surface area contributed by atoms with Gasteiger partial charge < -0.3 is 11.1 Å². The molecule has 12 heavy (non-hydrogen) atoms. The van der Waals surface area contributed by atoms with Crippen molar-refractivity contribution in [1.29, 1.82) is 0 Å². The van der Waals surface area contributed by atoms with Crippen molar-refractivity contribution in [3.8, 4) is 0 Å². The zero-order chi connectivity index (χ0) is 8.98. The topological polar surface area (TPSA) is 38.0 Å². The first-order valence-corrected chi connectivity index (χ1v) is 4.93. The Morgan fingerprint density at radius 3 is 2.17 bits per heavy atom. The lowest BCUT2D eigenvalue weighted by Crippen LogP contribution is -2.73. The molecule has 2 nitrogen and oxygen atoms in total. The van der Waals surface area contributed by atoms with E-state index in [0.717, 1.165) is 0 Å². The van der Waals surface area contributed by atoms with Crippen LogP contribution in [0.3, 0.4) is 0 Å². The van der Waals surface area contributed by atoms with Gasteiger partial charge >= 0.3 is 0 Å². The van der Waals surface area contributed by atoms with Gasteiger partial charge in [-0.15, -0.1) is 0 Å². The quantitative estimate of drug-likeness (QED) is 0.568. The molecule has 2 aliphatic rings. The summed E-state index contributed by atoms with van der Waals surface area (Å²) in [5, 5.41) is 3.54. The molecule has 1 atom stereocenters. The highest BCUT2D eigenvalue weighted by Crippen LogP contribution is 2.52. The molecule has 1 aliphatic carbocycles. The van der Waals surface area contributed by atoms with Crippen LogP contribution in [0.1, 0.15) is 33.6 Å². The molecule has 0 amide bonds. The molecule has 0 radical (unpaired) electrons. The molecule has 70 valence electrons. The summed E-state index contributed by atoms with van der Waals surface area (Å²) in [5.74, 6) is 0. The van der Waals surface area contributed by atoms with Crippen LogP contribution >= 0.6 is 0 Å². The Kier molecular flexibility index (Phi) is 1.59. The highest BCUT2D eigenvalue weighted by molar-refractivity contribution is 5.14. The van der Waals surface area contributed by atoms with Crippen LogP contribution in [0.5, 0.6) is 0 Å². The zero-order valence-electron chi connectivity index (χ0n) is 8.35. The maximum Gasteiger partial charge on any atom is 0.0186 e. The molecule has 2 heteroatoms. The lowest BCUT2D eigenvalue weighted by atomic mass is 9.52. The Hall–Kier alpha value is -0.0800. The van der Waals surface area contributed by atoms with Gasteiger partial charge in [0.2, 0.25) is 0 Å². The van der Waals surface area contributed by atoms with E-state index in [1.54, 1.807) is 0 Å². The predicted molar refractivity (Wildman–Crippen MR) is 50.9 cm³/mol. The second-order valence-electron chi connectivity index (χ2n) is 5.71. The van der Waals surface area contributed by atoms with E-state index in [4.69, 9.17) is 5.73 Å². The van der Waals surface area contributed by atoms with Crippen molar-refractivity contribution in [2.24, 2.45) is 16.6 Å². The highest BCUT2D eigenvalue weighted by atomic mass is 15.1. The summed E-state index contributed by atoms with van der Waals surface area (Å²) in [6.07, 6.45) is 2.48. The Bertz CT molecular complexity index is 187. The first kappa shape index (κ1) is 8.52. The van der Waals surface area contributed by atoms with Crippen LogP contribution in [0.4, 0.5) is 0 Å². The molecule has 1 heterocycles. The van der Waals surface area contributed by atoms with Gasteiger partial charge in [0, 0.05) is 24.0 Å². The first-order valence-electron chi connectivity index (χ1n) is 4.93. The van der Waals surface area contributed by atoms with Crippen molar-refractivity contribution >= 4 is 0 Å². The molecule has 0 bridgehead atoms. The van der Waals surface area contributed by atoms with Crippen LogP contribution in [0.15, 0.2) is 0 Å². The standard InChI is InChI=1S/C10H20N2/c1-9(2,3)8-10(6-12-8)4-7(11)5-10/h7-8,12H,4-6,11H2,1-3H3. The minimum atomic E-state index is 0.401. The Balaban J connectivity index is 2.03. The number of nitrogens with two attached hydrogens (primary N) is 1. The third kappa shape index (κ3) is 1.01. The van der Waals surface area contributed by atoms with Crippen molar-refractivity contribution in [3.05, 3.63) is 0 Å². The Labute approximate surface area is 74.9 Å². The van der Waals surface area contributed by atoms with Gasteiger partial charge in [-0.25, -0.2) is 0 Å². The van der Waals surface area contributed by atoms with Gasteiger partial charge in [0.05, 0.1) is 0 Å². The van der Waals surface area contributed by atoms with Crippen molar-refractivity contribution in [2.45, 2.75) is 45.7 Å². The van der Waals surface area contributed by atoms with E-state index in [2.05, 4.69) is 26.1 Å². The van der Waals surface area contributed by atoms with E-state index in [1.807, 2.05) is 0 Å². The summed E-state index contributed by atoms with van der Waals surface area (Å²) < 4.78 is 0. The second-order valence-corrected chi connectivity index (χ2v) is 5.71. The van der Waals surface area contributed by atoms with Crippen LogP contribution < -0.4 is 11.1 Å². The molecular formula is C10H20N2. The number of hydrogen-bond acceptors (Lipinski definition) is 2. The van der Waals surface area contributed by atoms with Gasteiger partial charge in [-0.05, 0) is 18.3 Å². The largest absolute Gasteiger partial charge is 0.328 e. The molecule has 1 aliphatic heterocycles. The van der Waals surface area contributed by atoms with E-state index in [1.165, 1.54) is 19.4 Å². The fourth-order valence-electron chi connectivity index (χ4n) is 3.08. The lowest BCUT2D eigenvalue weighted by molar-refractivity contribution is -0.0681. The Morgan fingerprint density at radius 2 is 1.92 bits per heavy atom. The molecule has 1 spiro atoms. The molecule has 3 N–H and O–H groups in total. The molecule has 1 saturated carbocycles. The van der Waals surface area contributed by atoms with Crippen LogP contribution in [0.25, 0.3) is 0 Å². The van der Waals surface area contributed by atoms with Gasteiger partial charge in [-0.2, -0.15) is 0 Å². The van der Waals surface area contributed by atoms with Crippen LogP contribution in [0.2, 0.25) is 0 Å². The molecule has 1 saturated heterocycles. The van der Waals surface area contributed by atoms with Gasteiger partial charge in [0.1, 0.15) is 0 Å². The molecule has 0 aromatic rings. The monoisotopic (exact) mass is 168 g/mol. The molecular weight excluding hydrogens is 148 g/mol. The van der Waals surface area contributed by atoms with Crippen LogP contribution in [-0.4, -0.2) is 18.6 Å². The number of rotatable bonds is 0. The highest BCUT2D eigenvalue weighted by Gasteiger charge is 2.57. The minimum absolute atomic E-state index is 0.401. The molecule has 0 aromatic carbocycles. The fraction of sp³-hybridized carbons (Fsp3) is 1.00. The molecule has 0 aromatic heterocycles. The van der Waals surface area contributed by atoms with E-state index in [0.29, 0.717) is 22.9 Å². The van der Waals surface area contributed by atoms with E-state index < -0.39 is 0 Å². The van der Waals surface area contributed by atoms with E-state index in [9.17, 15) is 0 Å². The molecule has 2 rings (SSSR count). The number of hydrogen-bond donors (Lipinski definition) is 2.